The smallest absolute Gasteiger partial charge is 0.179 e. The molecule has 0 radical (unpaired) electrons. The highest BCUT2D eigenvalue weighted by molar-refractivity contribution is 7.95. The van der Waals surface area contributed by atoms with E-state index in [1.165, 1.54) is 34.4 Å². The molecule has 0 bridgehead atoms. The Morgan fingerprint density at radius 3 is 2.27 bits per heavy atom. The number of methoxy groups -OCH3 is 1. The maximum absolute atomic E-state index is 13.5. The molecule has 0 aliphatic carbocycles. The van der Waals surface area contributed by atoms with Gasteiger partial charge in [0.1, 0.15) is 5.82 Å². The molecule has 37 heavy (non-hydrogen) atoms. The van der Waals surface area contributed by atoms with Gasteiger partial charge in [-0.2, -0.15) is 0 Å². The Balaban J connectivity index is 0.00000156. The zero-order valence-corrected chi connectivity index (χ0v) is 23.1. The summed E-state index contributed by atoms with van der Waals surface area (Å²) in [6, 6.07) is 15.1. The second kappa shape index (κ2) is 12.6. The van der Waals surface area contributed by atoms with Crippen molar-refractivity contribution in [1.82, 2.24) is 4.90 Å². The van der Waals surface area contributed by atoms with Crippen LogP contribution in [0.2, 0.25) is 0 Å². The van der Waals surface area contributed by atoms with Crippen molar-refractivity contribution in [3.63, 3.8) is 0 Å². The predicted octanol–water partition coefficient (Wildman–Crippen LogP) is 7.40. The summed E-state index contributed by atoms with van der Waals surface area (Å²) in [6.07, 6.45) is 1.83. The third kappa shape index (κ3) is 5.99. The summed E-state index contributed by atoms with van der Waals surface area (Å²) < 4.78 is 37.0. The van der Waals surface area contributed by atoms with Crippen LogP contribution in [0, 0.1) is 5.82 Å². The standard InChI is InChI=1S/C28H30FNO4S.C2H6/c1-4-32-26-13-19-11-24-23-16-25(31-3)28(34-35-22-8-6-7-21(29)15-22)12-18(23)9-10-30(24)17-20(19)14-27(26)33-5-2;1-2/h6-8,12-16,24H,4-5,9-11,17H2,1-3H3;1-2H3. The van der Waals surface area contributed by atoms with Crippen molar-refractivity contribution >= 4 is 12.0 Å². The summed E-state index contributed by atoms with van der Waals surface area (Å²) in [5.41, 5.74) is 5.14. The summed E-state index contributed by atoms with van der Waals surface area (Å²) >= 11 is 1.14. The van der Waals surface area contributed by atoms with Gasteiger partial charge in [0.2, 0.25) is 0 Å². The summed E-state index contributed by atoms with van der Waals surface area (Å²) in [4.78, 5) is 3.23. The molecule has 3 aromatic carbocycles. The minimum atomic E-state index is -0.283. The van der Waals surface area contributed by atoms with E-state index in [9.17, 15) is 4.39 Å². The number of nitrogens with zero attached hydrogens (tertiary/aromatic N) is 1. The van der Waals surface area contributed by atoms with Crippen LogP contribution in [0.5, 0.6) is 23.0 Å². The van der Waals surface area contributed by atoms with Crippen LogP contribution < -0.4 is 18.4 Å². The Morgan fingerprint density at radius 2 is 1.59 bits per heavy atom. The zero-order valence-electron chi connectivity index (χ0n) is 22.3. The van der Waals surface area contributed by atoms with Crippen molar-refractivity contribution in [3.05, 3.63) is 76.6 Å². The number of rotatable bonds is 8. The van der Waals surface area contributed by atoms with Gasteiger partial charge in [-0.25, -0.2) is 4.39 Å². The number of hydrogen-bond acceptors (Lipinski definition) is 6. The summed E-state index contributed by atoms with van der Waals surface area (Å²) in [7, 11) is 1.65. The van der Waals surface area contributed by atoms with Crippen LogP contribution in [0.25, 0.3) is 0 Å². The van der Waals surface area contributed by atoms with Crippen LogP contribution in [0.1, 0.15) is 56.0 Å². The zero-order chi connectivity index (χ0) is 26.4. The van der Waals surface area contributed by atoms with Crippen LogP contribution in [0.4, 0.5) is 4.39 Å². The van der Waals surface area contributed by atoms with Crippen molar-refractivity contribution in [2.45, 2.75) is 58.0 Å². The Kier molecular flexibility index (Phi) is 9.22. The molecule has 0 spiro atoms. The van der Waals surface area contributed by atoms with E-state index in [4.69, 9.17) is 18.4 Å². The molecule has 2 heterocycles. The normalized spacial score (nSPS) is 15.9. The van der Waals surface area contributed by atoms with Crippen molar-refractivity contribution in [3.8, 4) is 23.0 Å². The predicted molar refractivity (Wildman–Crippen MR) is 147 cm³/mol. The van der Waals surface area contributed by atoms with E-state index >= 15 is 0 Å². The monoisotopic (exact) mass is 525 g/mol. The lowest BCUT2D eigenvalue weighted by molar-refractivity contribution is 0.159. The van der Waals surface area contributed by atoms with Gasteiger partial charge in [0.05, 0.1) is 37.3 Å². The number of fused-ring (bicyclic) bond motifs is 4. The second-order valence-electron chi connectivity index (χ2n) is 8.70. The molecule has 0 saturated heterocycles. The average molecular weight is 526 g/mol. The van der Waals surface area contributed by atoms with Gasteiger partial charge in [0.15, 0.2) is 23.0 Å². The SMILES string of the molecule is CC.CCOc1cc2c(cc1OCC)CN1CCc3cc(OSc4cccc(F)c4)c(OC)cc3C1C2. The first-order valence-electron chi connectivity index (χ1n) is 13.1. The summed E-state index contributed by atoms with van der Waals surface area (Å²) in [5, 5.41) is 0. The molecule has 198 valence electrons. The summed E-state index contributed by atoms with van der Waals surface area (Å²) in [6.45, 7) is 11.0. The molecule has 0 saturated carbocycles. The fourth-order valence-electron chi connectivity index (χ4n) is 4.97. The molecule has 0 aromatic heterocycles. The van der Waals surface area contributed by atoms with Crippen molar-refractivity contribution in [2.24, 2.45) is 0 Å². The minimum absolute atomic E-state index is 0.262. The highest BCUT2D eigenvalue weighted by Gasteiger charge is 2.34. The Bertz CT molecular complexity index is 1220. The number of halogens is 1. The number of hydrogen-bond donors (Lipinski definition) is 0. The third-order valence-electron chi connectivity index (χ3n) is 6.57. The average Bonchev–Trinajstić information content (AvgIpc) is 2.92. The van der Waals surface area contributed by atoms with Crippen molar-refractivity contribution in [1.29, 1.82) is 0 Å². The molecule has 2 aliphatic heterocycles. The quantitative estimate of drug-likeness (QED) is 0.285. The van der Waals surface area contributed by atoms with Crippen LogP contribution in [0.3, 0.4) is 0 Å². The lowest BCUT2D eigenvalue weighted by atomic mass is 9.83. The third-order valence-corrected chi connectivity index (χ3v) is 7.28. The Labute approximate surface area is 224 Å². The Hall–Kier alpha value is -2.90. The fourth-order valence-corrected chi connectivity index (χ4v) is 5.58. The molecular weight excluding hydrogens is 489 g/mol. The maximum Gasteiger partial charge on any atom is 0.179 e. The molecule has 5 rings (SSSR count). The van der Waals surface area contributed by atoms with E-state index in [1.54, 1.807) is 13.2 Å². The number of benzene rings is 3. The minimum Gasteiger partial charge on any atom is -0.493 e. The molecule has 1 atom stereocenters. The van der Waals surface area contributed by atoms with Gasteiger partial charge >= 0.3 is 0 Å². The maximum atomic E-state index is 13.5. The molecule has 2 aliphatic rings. The van der Waals surface area contributed by atoms with Gasteiger partial charge in [0, 0.05) is 19.1 Å². The lowest BCUT2D eigenvalue weighted by Crippen LogP contribution is -2.39. The largest absolute Gasteiger partial charge is 0.493 e. The van der Waals surface area contributed by atoms with Crippen LogP contribution in [0.15, 0.2) is 53.4 Å². The first-order valence-corrected chi connectivity index (χ1v) is 13.8. The molecule has 3 aromatic rings. The van der Waals surface area contributed by atoms with Crippen molar-refractivity contribution < 1.29 is 22.8 Å². The molecule has 0 N–H and O–H groups in total. The fraction of sp³-hybridized carbons (Fsp3) is 0.400. The van der Waals surface area contributed by atoms with Crippen LogP contribution in [-0.2, 0) is 19.4 Å². The van der Waals surface area contributed by atoms with Gasteiger partial charge in [-0.05, 0) is 91.4 Å². The van der Waals surface area contributed by atoms with Crippen LogP contribution >= 0.6 is 12.0 Å². The van der Waals surface area contributed by atoms with Crippen LogP contribution in [-0.4, -0.2) is 31.8 Å². The topological polar surface area (TPSA) is 40.2 Å². The van der Waals surface area contributed by atoms with Gasteiger partial charge in [0.25, 0.3) is 0 Å². The molecular formula is C30H36FNO4S. The Morgan fingerprint density at radius 1 is 0.892 bits per heavy atom. The van der Waals surface area contributed by atoms with Crippen molar-refractivity contribution in [2.75, 3.05) is 26.9 Å². The highest BCUT2D eigenvalue weighted by atomic mass is 32.2. The van der Waals surface area contributed by atoms with Gasteiger partial charge < -0.3 is 18.4 Å². The summed E-state index contributed by atoms with van der Waals surface area (Å²) in [5.74, 6) is 2.69. The lowest BCUT2D eigenvalue weighted by Gasteiger charge is -2.42. The van der Waals surface area contributed by atoms with E-state index in [0.29, 0.717) is 29.6 Å². The molecule has 1 unspecified atom stereocenters. The van der Waals surface area contributed by atoms with Gasteiger partial charge in [-0.1, -0.05) is 19.9 Å². The van der Waals surface area contributed by atoms with E-state index in [0.717, 1.165) is 49.5 Å². The van der Waals surface area contributed by atoms with E-state index < -0.39 is 0 Å². The molecule has 0 fully saturated rings. The van der Waals surface area contributed by atoms with E-state index in [2.05, 4.69) is 29.2 Å². The first-order chi connectivity index (χ1) is 18.1. The first kappa shape index (κ1) is 27.1. The highest BCUT2D eigenvalue weighted by Crippen LogP contribution is 2.45. The molecule has 5 nitrogen and oxygen atoms in total. The van der Waals surface area contributed by atoms with E-state index in [1.807, 2.05) is 33.8 Å². The van der Waals surface area contributed by atoms with Gasteiger partial charge in [-0.15, -0.1) is 0 Å². The van der Waals surface area contributed by atoms with Gasteiger partial charge in [-0.3, -0.25) is 4.90 Å². The number of ether oxygens (including phenoxy) is 3. The molecule has 7 heteroatoms. The second-order valence-corrected chi connectivity index (χ2v) is 9.50. The molecule has 0 amide bonds. The van der Waals surface area contributed by atoms with E-state index in [-0.39, 0.29) is 11.9 Å².